The molecule has 0 spiro atoms. The number of anilines is 1. The fraction of sp³-hybridized carbons (Fsp3) is 0.562. The van der Waals surface area contributed by atoms with Gasteiger partial charge in [0.1, 0.15) is 5.60 Å². The van der Waals surface area contributed by atoms with Crippen LogP contribution in [-0.4, -0.2) is 45.9 Å². The predicted molar refractivity (Wildman–Crippen MR) is 91.3 cm³/mol. The van der Waals surface area contributed by atoms with E-state index in [0.29, 0.717) is 24.5 Å². The van der Waals surface area contributed by atoms with E-state index in [-0.39, 0.29) is 17.3 Å². The zero-order valence-electron chi connectivity index (χ0n) is 14.0. The molecule has 2 aromatic rings. The van der Waals surface area contributed by atoms with Crippen molar-refractivity contribution in [3.8, 4) is 0 Å². The lowest BCUT2D eigenvalue weighted by molar-refractivity contribution is 0.0206. The van der Waals surface area contributed by atoms with Crippen molar-refractivity contribution in [1.82, 2.24) is 15.1 Å². The van der Waals surface area contributed by atoms with Crippen LogP contribution in [0.25, 0.3) is 11.0 Å². The normalized spacial score (nSPS) is 18.7. The first-order valence-electron chi connectivity index (χ1n) is 7.97. The second kappa shape index (κ2) is 6.47. The molecule has 1 amide bonds. The Balaban J connectivity index is 1.70. The molecule has 0 bridgehead atoms. The van der Waals surface area contributed by atoms with Crippen LogP contribution in [-0.2, 0) is 4.74 Å². The number of amides is 1. The average Bonchev–Trinajstić information content (AvgIpc) is 2.99. The summed E-state index contributed by atoms with van der Waals surface area (Å²) in [4.78, 5) is 14.0. The molecule has 3 heterocycles. The van der Waals surface area contributed by atoms with Gasteiger partial charge in [-0.1, -0.05) is 11.6 Å². The van der Waals surface area contributed by atoms with Crippen molar-refractivity contribution in [2.24, 2.45) is 0 Å². The minimum absolute atomic E-state index is 0.0693. The number of nitrogens with zero attached hydrogens (tertiary/aromatic N) is 3. The van der Waals surface area contributed by atoms with Crippen molar-refractivity contribution in [3.63, 3.8) is 0 Å². The van der Waals surface area contributed by atoms with Gasteiger partial charge >= 0.3 is 6.09 Å². The molecule has 1 saturated heterocycles. The van der Waals surface area contributed by atoms with Gasteiger partial charge in [-0.05, 0) is 39.7 Å². The molecule has 1 N–H and O–H groups in total. The number of halogens is 1. The van der Waals surface area contributed by atoms with Crippen molar-refractivity contribution in [2.75, 3.05) is 18.4 Å². The zero-order valence-corrected chi connectivity index (χ0v) is 14.8. The predicted octanol–water partition coefficient (Wildman–Crippen LogP) is 3.69. The molecule has 1 fully saturated rings. The van der Waals surface area contributed by atoms with E-state index in [2.05, 4.69) is 15.5 Å². The summed E-state index contributed by atoms with van der Waals surface area (Å²) in [7, 11) is 0. The smallest absolute Gasteiger partial charge is 0.410 e. The first-order chi connectivity index (χ1) is 11.3. The number of hydrogen-bond donors (Lipinski definition) is 1. The number of fused-ring (bicyclic) bond motifs is 1. The van der Waals surface area contributed by atoms with E-state index in [1.807, 2.05) is 20.8 Å². The molecule has 7 nitrogen and oxygen atoms in total. The van der Waals surface area contributed by atoms with Crippen LogP contribution in [0.15, 0.2) is 16.7 Å². The topological polar surface area (TPSA) is 80.5 Å². The number of carbonyl (C=O) groups excluding carboxylic acids is 1. The molecule has 1 atom stereocenters. The number of ether oxygens (including phenoxy) is 1. The molecule has 0 aliphatic carbocycles. The van der Waals surface area contributed by atoms with Gasteiger partial charge in [-0.3, -0.25) is 0 Å². The molecule has 1 aliphatic heterocycles. The van der Waals surface area contributed by atoms with Gasteiger partial charge < -0.3 is 19.4 Å². The summed E-state index contributed by atoms with van der Waals surface area (Å²) < 4.78 is 10.8. The second-order valence-electron chi connectivity index (χ2n) is 6.91. The fourth-order valence-corrected chi connectivity index (χ4v) is 2.92. The van der Waals surface area contributed by atoms with Gasteiger partial charge in [0.2, 0.25) is 0 Å². The van der Waals surface area contributed by atoms with Crippen molar-refractivity contribution >= 4 is 34.5 Å². The summed E-state index contributed by atoms with van der Waals surface area (Å²) in [6.45, 7) is 6.84. The number of likely N-dealkylation sites (tertiary alicyclic amines) is 1. The van der Waals surface area contributed by atoms with E-state index in [0.717, 1.165) is 18.2 Å². The summed E-state index contributed by atoms with van der Waals surface area (Å²) in [5.41, 5.74) is 0.0104. The standard InChI is InChI=1S/C16H21ClN4O3/c1-16(2,3)24-15(22)21-7-4-5-10(9-21)18-14-11-6-8-23-12(11)13(17)19-20-14/h6,8,10H,4-5,7,9H2,1-3H3,(H,18,20)/t10-/m1/s1. The lowest BCUT2D eigenvalue weighted by Crippen LogP contribution is -2.47. The number of rotatable bonds is 2. The van der Waals surface area contributed by atoms with Crippen molar-refractivity contribution in [3.05, 3.63) is 17.5 Å². The number of furan rings is 1. The minimum Gasteiger partial charge on any atom is -0.461 e. The largest absolute Gasteiger partial charge is 0.461 e. The van der Waals surface area contributed by atoms with Gasteiger partial charge in [0.05, 0.1) is 11.6 Å². The van der Waals surface area contributed by atoms with E-state index >= 15 is 0 Å². The molecular formula is C16H21ClN4O3. The highest BCUT2D eigenvalue weighted by atomic mass is 35.5. The Morgan fingerprint density at radius 1 is 1.46 bits per heavy atom. The van der Waals surface area contributed by atoms with Gasteiger partial charge in [0, 0.05) is 19.1 Å². The van der Waals surface area contributed by atoms with E-state index in [1.54, 1.807) is 17.2 Å². The number of carbonyl (C=O) groups is 1. The lowest BCUT2D eigenvalue weighted by Gasteiger charge is -2.34. The maximum absolute atomic E-state index is 12.2. The summed E-state index contributed by atoms with van der Waals surface area (Å²) >= 11 is 5.97. The molecule has 1 aliphatic rings. The van der Waals surface area contributed by atoms with Crippen LogP contribution in [0.3, 0.4) is 0 Å². The van der Waals surface area contributed by atoms with E-state index in [9.17, 15) is 4.79 Å². The highest BCUT2D eigenvalue weighted by Gasteiger charge is 2.28. The van der Waals surface area contributed by atoms with Crippen LogP contribution in [0, 0.1) is 0 Å². The van der Waals surface area contributed by atoms with E-state index in [4.69, 9.17) is 20.8 Å². The third kappa shape index (κ3) is 3.72. The number of piperidine rings is 1. The van der Waals surface area contributed by atoms with Crippen molar-refractivity contribution in [2.45, 2.75) is 45.3 Å². The number of aromatic nitrogens is 2. The van der Waals surface area contributed by atoms with Crippen LogP contribution in [0.4, 0.5) is 10.6 Å². The molecule has 2 aromatic heterocycles. The third-order valence-electron chi connectivity index (χ3n) is 3.76. The SMILES string of the molecule is CC(C)(C)OC(=O)N1CCC[C@@H](Nc2nnc(Cl)c3occc23)C1. The molecule has 0 unspecified atom stereocenters. The van der Waals surface area contributed by atoms with Gasteiger partial charge in [-0.2, -0.15) is 0 Å². The van der Waals surface area contributed by atoms with Gasteiger partial charge in [0.25, 0.3) is 0 Å². The summed E-state index contributed by atoms with van der Waals surface area (Å²) in [6, 6.07) is 1.87. The van der Waals surface area contributed by atoms with Crippen molar-refractivity contribution in [1.29, 1.82) is 0 Å². The average molecular weight is 353 g/mol. The Labute approximate surface area is 145 Å². The van der Waals surface area contributed by atoms with Crippen LogP contribution >= 0.6 is 11.6 Å². The zero-order chi connectivity index (χ0) is 17.3. The van der Waals surface area contributed by atoms with Crippen LogP contribution < -0.4 is 5.32 Å². The van der Waals surface area contributed by atoms with Gasteiger partial charge in [-0.15, -0.1) is 10.2 Å². The molecule has 8 heteroatoms. The number of hydrogen-bond acceptors (Lipinski definition) is 6. The highest BCUT2D eigenvalue weighted by Crippen LogP contribution is 2.28. The Morgan fingerprint density at radius 3 is 3.00 bits per heavy atom. The van der Waals surface area contributed by atoms with Crippen molar-refractivity contribution < 1.29 is 13.9 Å². The minimum atomic E-state index is -0.498. The molecule has 0 radical (unpaired) electrons. The Bertz CT molecular complexity index is 740. The monoisotopic (exact) mass is 352 g/mol. The van der Waals surface area contributed by atoms with E-state index < -0.39 is 5.60 Å². The van der Waals surface area contributed by atoms with E-state index in [1.165, 1.54) is 0 Å². The summed E-state index contributed by atoms with van der Waals surface area (Å²) in [6.07, 6.45) is 3.10. The lowest BCUT2D eigenvalue weighted by atomic mass is 10.1. The summed E-state index contributed by atoms with van der Waals surface area (Å²) in [5, 5.41) is 12.4. The molecule has 130 valence electrons. The quantitative estimate of drug-likeness (QED) is 0.887. The molecule has 3 rings (SSSR count). The van der Waals surface area contributed by atoms with Crippen LogP contribution in [0.2, 0.25) is 5.15 Å². The maximum Gasteiger partial charge on any atom is 0.410 e. The summed E-state index contributed by atoms with van der Waals surface area (Å²) in [5.74, 6) is 0.610. The molecular weight excluding hydrogens is 332 g/mol. The second-order valence-corrected chi connectivity index (χ2v) is 7.27. The molecule has 24 heavy (non-hydrogen) atoms. The third-order valence-corrected chi connectivity index (χ3v) is 4.01. The van der Waals surface area contributed by atoms with Crippen LogP contribution in [0.5, 0.6) is 0 Å². The highest BCUT2D eigenvalue weighted by molar-refractivity contribution is 6.33. The maximum atomic E-state index is 12.2. The molecule has 0 saturated carbocycles. The Hall–Kier alpha value is -2.02. The van der Waals surface area contributed by atoms with Crippen LogP contribution in [0.1, 0.15) is 33.6 Å². The molecule has 0 aromatic carbocycles. The Morgan fingerprint density at radius 2 is 2.25 bits per heavy atom. The fourth-order valence-electron chi connectivity index (χ4n) is 2.74. The number of nitrogens with one attached hydrogen (secondary N) is 1. The van der Waals surface area contributed by atoms with Gasteiger partial charge in [-0.25, -0.2) is 4.79 Å². The Kier molecular flexibility index (Phi) is 4.54. The first-order valence-corrected chi connectivity index (χ1v) is 8.35. The first kappa shape index (κ1) is 16.8. The van der Waals surface area contributed by atoms with Gasteiger partial charge in [0.15, 0.2) is 16.6 Å².